The topological polar surface area (TPSA) is 67.9 Å². The number of hydrogen-bond donors (Lipinski definition) is 1. The first-order chi connectivity index (χ1) is 11.6. The Balaban J connectivity index is 1.58. The summed E-state index contributed by atoms with van der Waals surface area (Å²) in [5.41, 5.74) is 1.19. The molecule has 24 heavy (non-hydrogen) atoms. The van der Waals surface area contributed by atoms with Gasteiger partial charge in [0.25, 0.3) is 5.91 Å². The van der Waals surface area contributed by atoms with Gasteiger partial charge in [-0.2, -0.15) is 0 Å². The van der Waals surface area contributed by atoms with E-state index < -0.39 is 6.09 Å². The largest absolute Gasteiger partial charge is 0.484 e. The van der Waals surface area contributed by atoms with Gasteiger partial charge in [-0.25, -0.2) is 9.18 Å². The van der Waals surface area contributed by atoms with Crippen LogP contribution in [0.25, 0.3) is 0 Å². The van der Waals surface area contributed by atoms with Gasteiger partial charge in [0.05, 0.1) is 6.54 Å². The van der Waals surface area contributed by atoms with Crippen molar-refractivity contribution in [3.63, 3.8) is 0 Å². The Morgan fingerprint density at radius 1 is 1.25 bits per heavy atom. The summed E-state index contributed by atoms with van der Waals surface area (Å²) in [5, 5.41) is 2.69. The van der Waals surface area contributed by atoms with Gasteiger partial charge < -0.3 is 14.8 Å². The standard InChI is InChI=1S/C17H15FN2O4/c18-12-4-6-15(7-5-12)24-11-16(21)19-13-2-1-3-14(10-13)20-8-9-23-17(20)22/h1-7,10H,8-9,11H2,(H,19,21). The Morgan fingerprint density at radius 3 is 2.75 bits per heavy atom. The Bertz CT molecular complexity index is 749. The highest BCUT2D eigenvalue weighted by molar-refractivity contribution is 5.94. The molecule has 0 bridgehead atoms. The van der Waals surface area contributed by atoms with Gasteiger partial charge in [-0.3, -0.25) is 9.69 Å². The van der Waals surface area contributed by atoms with Crippen molar-refractivity contribution in [2.75, 3.05) is 30.0 Å². The Morgan fingerprint density at radius 2 is 2.04 bits per heavy atom. The zero-order valence-corrected chi connectivity index (χ0v) is 12.7. The van der Waals surface area contributed by atoms with Gasteiger partial charge in [-0.05, 0) is 42.5 Å². The molecule has 1 heterocycles. The Labute approximate surface area is 137 Å². The SMILES string of the molecule is O=C(COc1ccc(F)cc1)Nc1cccc(N2CCOC2=O)c1. The first-order valence-electron chi connectivity index (χ1n) is 7.34. The molecule has 1 aliphatic rings. The molecule has 6 nitrogen and oxygen atoms in total. The summed E-state index contributed by atoms with van der Waals surface area (Å²) in [6, 6.07) is 12.3. The van der Waals surface area contributed by atoms with Crippen molar-refractivity contribution in [2.45, 2.75) is 0 Å². The molecule has 0 aromatic heterocycles. The molecule has 0 radical (unpaired) electrons. The van der Waals surface area contributed by atoms with Crippen LogP contribution in [0.1, 0.15) is 0 Å². The summed E-state index contributed by atoms with van der Waals surface area (Å²) in [5.74, 6) is -0.329. The lowest BCUT2D eigenvalue weighted by Crippen LogP contribution is -2.24. The Kier molecular flexibility index (Phi) is 4.60. The van der Waals surface area contributed by atoms with Crippen LogP contribution in [0.3, 0.4) is 0 Å². The number of halogens is 1. The highest BCUT2D eigenvalue weighted by Crippen LogP contribution is 2.22. The maximum atomic E-state index is 12.8. The lowest BCUT2D eigenvalue weighted by Gasteiger charge is -2.14. The van der Waals surface area contributed by atoms with E-state index in [1.165, 1.54) is 29.2 Å². The van der Waals surface area contributed by atoms with Gasteiger partial charge in [0, 0.05) is 11.4 Å². The second-order valence-corrected chi connectivity index (χ2v) is 5.11. The van der Waals surface area contributed by atoms with Crippen molar-refractivity contribution < 1.29 is 23.5 Å². The van der Waals surface area contributed by atoms with Crippen LogP contribution in [0, 0.1) is 5.82 Å². The number of benzene rings is 2. The van der Waals surface area contributed by atoms with Crippen LogP contribution in [0.4, 0.5) is 20.6 Å². The molecule has 0 unspecified atom stereocenters. The van der Waals surface area contributed by atoms with Gasteiger partial charge in [0.2, 0.25) is 0 Å². The normalized spacial score (nSPS) is 13.5. The zero-order chi connectivity index (χ0) is 16.9. The lowest BCUT2D eigenvalue weighted by molar-refractivity contribution is -0.118. The number of nitrogens with one attached hydrogen (secondary N) is 1. The van der Waals surface area contributed by atoms with Crippen molar-refractivity contribution >= 4 is 23.4 Å². The van der Waals surface area contributed by atoms with E-state index >= 15 is 0 Å². The van der Waals surface area contributed by atoms with Crippen molar-refractivity contribution in [2.24, 2.45) is 0 Å². The van der Waals surface area contributed by atoms with Crippen LogP contribution in [-0.2, 0) is 9.53 Å². The fourth-order valence-corrected chi connectivity index (χ4v) is 2.26. The minimum absolute atomic E-state index is 0.207. The molecule has 0 atom stereocenters. The second-order valence-electron chi connectivity index (χ2n) is 5.11. The Hall–Kier alpha value is -3.09. The van der Waals surface area contributed by atoms with Crippen LogP contribution < -0.4 is 15.0 Å². The van der Waals surface area contributed by atoms with E-state index in [0.717, 1.165) is 0 Å². The molecule has 1 saturated heterocycles. The summed E-state index contributed by atoms with van der Waals surface area (Å²) < 4.78 is 23.0. The third-order valence-electron chi connectivity index (χ3n) is 3.39. The van der Waals surface area contributed by atoms with Crippen molar-refractivity contribution in [3.8, 4) is 5.75 Å². The third kappa shape index (κ3) is 3.81. The fraction of sp³-hybridized carbons (Fsp3) is 0.176. The molecule has 0 spiro atoms. The highest BCUT2D eigenvalue weighted by atomic mass is 19.1. The van der Waals surface area contributed by atoms with Gasteiger partial charge in [-0.1, -0.05) is 6.07 Å². The predicted molar refractivity (Wildman–Crippen MR) is 85.7 cm³/mol. The molecule has 1 N–H and O–H groups in total. The summed E-state index contributed by atoms with van der Waals surface area (Å²) in [4.78, 5) is 25.0. The van der Waals surface area contributed by atoms with Crippen LogP contribution in [0.2, 0.25) is 0 Å². The molecule has 2 amide bonds. The van der Waals surface area contributed by atoms with Crippen LogP contribution in [-0.4, -0.2) is 31.8 Å². The lowest BCUT2D eigenvalue weighted by atomic mass is 10.2. The minimum Gasteiger partial charge on any atom is -0.484 e. The molecular formula is C17H15FN2O4. The summed E-state index contributed by atoms with van der Waals surface area (Å²) in [6.07, 6.45) is -0.405. The zero-order valence-electron chi connectivity index (χ0n) is 12.7. The molecule has 124 valence electrons. The number of rotatable bonds is 5. The number of cyclic esters (lactones) is 1. The summed E-state index contributed by atoms with van der Waals surface area (Å²) in [7, 11) is 0. The molecule has 0 saturated carbocycles. The van der Waals surface area contributed by atoms with Crippen LogP contribution in [0.15, 0.2) is 48.5 Å². The monoisotopic (exact) mass is 330 g/mol. The van der Waals surface area contributed by atoms with E-state index in [0.29, 0.717) is 30.3 Å². The first-order valence-corrected chi connectivity index (χ1v) is 7.34. The number of anilines is 2. The predicted octanol–water partition coefficient (Wildman–Crippen LogP) is 2.80. The van der Waals surface area contributed by atoms with Gasteiger partial charge >= 0.3 is 6.09 Å². The molecule has 3 rings (SSSR count). The molecule has 7 heteroatoms. The molecular weight excluding hydrogens is 315 g/mol. The van der Waals surface area contributed by atoms with E-state index in [1.807, 2.05) is 0 Å². The maximum Gasteiger partial charge on any atom is 0.414 e. The average molecular weight is 330 g/mol. The number of carbonyl (C=O) groups is 2. The fourth-order valence-electron chi connectivity index (χ4n) is 2.26. The van der Waals surface area contributed by atoms with E-state index in [-0.39, 0.29) is 18.3 Å². The number of nitrogens with zero attached hydrogens (tertiary/aromatic N) is 1. The van der Waals surface area contributed by atoms with Crippen LogP contribution in [0.5, 0.6) is 5.75 Å². The minimum atomic E-state index is -0.405. The summed E-state index contributed by atoms with van der Waals surface area (Å²) >= 11 is 0. The van der Waals surface area contributed by atoms with Crippen molar-refractivity contribution in [1.82, 2.24) is 0 Å². The number of amides is 2. The first kappa shape index (κ1) is 15.8. The smallest absolute Gasteiger partial charge is 0.414 e. The number of ether oxygens (including phenoxy) is 2. The van der Waals surface area contributed by atoms with E-state index in [4.69, 9.17) is 9.47 Å². The van der Waals surface area contributed by atoms with Crippen molar-refractivity contribution in [1.29, 1.82) is 0 Å². The molecule has 1 aliphatic heterocycles. The third-order valence-corrected chi connectivity index (χ3v) is 3.39. The van der Waals surface area contributed by atoms with E-state index in [9.17, 15) is 14.0 Å². The van der Waals surface area contributed by atoms with Gasteiger partial charge in [0.15, 0.2) is 6.61 Å². The number of carbonyl (C=O) groups excluding carboxylic acids is 2. The number of hydrogen-bond acceptors (Lipinski definition) is 4. The summed E-state index contributed by atoms with van der Waals surface area (Å²) in [6.45, 7) is 0.618. The van der Waals surface area contributed by atoms with Gasteiger partial charge in [-0.15, -0.1) is 0 Å². The maximum absolute atomic E-state index is 12.8. The molecule has 2 aromatic rings. The van der Waals surface area contributed by atoms with Gasteiger partial charge in [0.1, 0.15) is 18.2 Å². The van der Waals surface area contributed by atoms with E-state index in [1.54, 1.807) is 24.3 Å². The quantitative estimate of drug-likeness (QED) is 0.915. The average Bonchev–Trinajstić information content (AvgIpc) is 3.01. The molecule has 0 aliphatic carbocycles. The highest BCUT2D eigenvalue weighted by Gasteiger charge is 2.23. The second kappa shape index (κ2) is 6.99. The molecule has 1 fully saturated rings. The van der Waals surface area contributed by atoms with E-state index in [2.05, 4.69) is 5.32 Å². The molecule has 2 aromatic carbocycles. The van der Waals surface area contributed by atoms with Crippen LogP contribution >= 0.6 is 0 Å². The van der Waals surface area contributed by atoms with Crippen molar-refractivity contribution in [3.05, 3.63) is 54.3 Å².